The van der Waals surface area contributed by atoms with E-state index in [1.807, 2.05) is 18.2 Å². The minimum absolute atomic E-state index is 0.0489. The smallest absolute Gasteiger partial charge is 0.309 e. The van der Waals surface area contributed by atoms with E-state index in [1.165, 1.54) is 7.11 Å². The predicted molar refractivity (Wildman–Crippen MR) is 54.6 cm³/mol. The molecule has 2 N–H and O–H groups in total. The molecule has 0 saturated carbocycles. The molecular formula is C11H13NO3. The van der Waals surface area contributed by atoms with Crippen LogP contribution < -0.4 is 10.5 Å². The van der Waals surface area contributed by atoms with Gasteiger partial charge in [-0.3, -0.25) is 4.79 Å². The maximum atomic E-state index is 11.1. The first kappa shape index (κ1) is 9.98. The molecule has 1 aliphatic heterocycles. The number of benzene rings is 1. The molecule has 1 aromatic carbocycles. The van der Waals surface area contributed by atoms with Crippen molar-refractivity contribution in [3.63, 3.8) is 0 Å². The summed E-state index contributed by atoms with van der Waals surface area (Å²) in [7, 11) is 1.38. The quantitative estimate of drug-likeness (QED) is 0.728. The number of rotatable bonds is 2. The summed E-state index contributed by atoms with van der Waals surface area (Å²) in [6.07, 6.45) is 0.266. The average Bonchev–Trinajstić information content (AvgIpc) is 2.60. The molecule has 0 bridgehead atoms. The van der Waals surface area contributed by atoms with Gasteiger partial charge in [-0.2, -0.15) is 0 Å². The average molecular weight is 207 g/mol. The highest BCUT2D eigenvalue weighted by molar-refractivity contribution is 5.72. The summed E-state index contributed by atoms with van der Waals surface area (Å²) in [6, 6.07) is 5.58. The number of fused-ring (bicyclic) bond motifs is 1. The molecule has 1 aliphatic rings. The molecule has 4 nitrogen and oxygen atoms in total. The molecule has 1 atom stereocenters. The van der Waals surface area contributed by atoms with E-state index in [-0.39, 0.29) is 18.4 Å². The van der Waals surface area contributed by atoms with Crippen LogP contribution in [0, 0.1) is 0 Å². The SMILES string of the molecule is COC(=O)Cc1ccc2c(c1)OC[C@H]2N. The molecule has 2 rings (SSSR count). The number of carbonyl (C=O) groups is 1. The number of nitrogens with two attached hydrogens (primary N) is 1. The molecule has 80 valence electrons. The van der Waals surface area contributed by atoms with Gasteiger partial charge in [-0.05, 0) is 11.6 Å². The van der Waals surface area contributed by atoms with Crippen LogP contribution in [0.25, 0.3) is 0 Å². The summed E-state index contributed by atoms with van der Waals surface area (Å²) < 4.78 is 9.98. The van der Waals surface area contributed by atoms with E-state index in [0.29, 0.717) is 6.61 Å². The van der Waals surface area contributed by atoms with Crippen LogP contribution >= 0.6 is 0 Å². The summed E-state index contributed by atoms with van der Waals surface area (Å²) in [4.78, 5) is 11.1. The summed E-state index contributed by atoms with van der Waals surface area (Å²) in [5, 5.41) is 0. The van der Waals surface area contributed by atoms with Crippen LogP contribution in [0.15, 0.2) is 18.2 Å². The van der Waals surface area contributed by atoms with E-state index in [4.69, 9.17) is 10.5 Å². The number of hydrogen-bond donors (Lipinski definition) is 1. The molecule has 4 heteroatoms. The molecule has 0 saturated heterocycles. The van der Waals surface area contributed by atoms with E-state index in [1.54, 1.807) is 0 Å². The lowest BCUT2D eigenvalue weighted by Gasteiger charge is -2.03. The Balaban J connectivity index is 2.19. The van der Waals surface area contributed by atoms with Gasteiger partial charge in [0, 0.05) is 5.56 Å². The second kappa shape index (κ2) is 3.90. The van der Waals surface area contributed by atoms with Crippen molar-refractivity contribution in [3.05, 3.63) is 29.3 Å². The van der Waals surface area contributed by atoms with Crippen LogP contribution in [0.5, 0.6) is 5.75 Å². The van der Waals surface area contributed by atoms with Gasteiger partial charge in [0.05, 0.1) is 19.6 Å². The van der Waals surface area contributed by atoms with E-state index in [0.717, 1.165) is 16.9 Å². The topological polar surface area (TPSA) is 61.5 Å². The molecular weight excluding hydrogens is 194 g/mol. The van der Waals surface area contributed by atoms with Crippen molar-refractivity contribution in [2.75, 3.05) is 13.7 Å². The van der Waals surface area contributed by atoms with Crippen molar-refractivity contribution in [2.45, 2.75) is 12.5 Å². The maximum absolute atomic E-state index is 11.1. The number of esters is 1. The normalized spacial score (nSPS) is 18.1. The number of ether oxygens (including phenoxy) is 2. The van der Waals surface area contributed by atoms with Gasteiger partial charge in [0.15, 0.2) is 0 Å². The van der Waals surface area contributed by atoms with Gasteiger partial charge in [0.2, 0.25) is 0 Å². The molecule has 1 heterocycles. The Bertz CT molecular complexity index is 389. The number of methoxy groups -OCH3 is 1. The molecule has 0 amide bonds. The van der Waals surface area contributed by atoms with Crippen molar-refractivity contribution >= 4 is 5.97 Å². The minimum atomic E-state index is -0.253. The first-order valence-electron chi connectivity index (χ1n) is 4.78. The lowest BCUT2D eigenvalue weighted by atomic mass is 10.1. The highest BCUT2D eigenvalue weighted by Gasteiger charge is 2.20. The predicted octanol–water partition coefficient (Wildman–Crippen LogP) is 0.794. The Hall–Kier alpha value is -1.55. The minimum Gasteiger partial charge on any atom is -0.491 e. The first-order chi connectivity index (χ1) is 7.20. The first-order valence-corrected chi connectivity index (χ1v) is 4.78. The third kappa shape index (κ3) is 1.94. The third-order valence-corrected chi connectivity index (χ3v) is 2.47. The van der Waals surface area contributed by atoms with Crippen molar-refractivity contribution in [2.24, 2.45) is 5.73 Å². The molecule has 0 aromatic heterocycles. The third-order valence-electron chi connectivity index (χ3n) is 2.47. The number of carbonyl (C=O) groups excluding carboxylic acids is 1. The van der Waals surface area contributed by atoms with Gasteiger partial charge in [-0.25, -0.2) is 0 Å². The maximum Gasteiger partial charge on any atom is 0.309 e. The highest BCUT2D eigenvalue weighted by Crippen LogP contribution is 2.31. The monoisotopic (exact) mass is 207 g/mol. The van der Waals surface area contributed by atoms with Gasteiger partial charge in [0.1, 0.15) is 12.4 Å². The van der Waals surface area contributed by atoms with Gasteiger partial charge in [0.25, 0.3) is 0 Å². The number of hydrogen-bond acceptors (Lipinski definition) is 4. The fourth-order valence-electron chi connectivity index (χ4n) is 1.63. The van der Waals surface area contributed by atoms with Gasteiger partial charge < -0.3 is 15.2 Å². The van der Waals surface area contributed by atoms with E-state index >= 15 is 0 Å². The Kier molecular flexibility index (Phi) is 2.60. The fourth-order valence-corrected chi connectivity index (χ4v) is 1.63. The van der Waals surface area contributed by atoms with E-state index < -0.39 is 0 Å². The van der Waals surface area contributed by atoms with Crippen molar-refractivity contribution in [1.82, 2.24) is 0 Å². The molecule has 15 heavy (non-hydrogen) atoms. The van der Waals surface area contributed by atoms with Gasteiger partial charge >= 0.3 is 5.97 Å². The molecule has 0 radical (unpaired) electrons. The van der Waals surface area contributed by atoms with E-state index in [2.05, 4.69) is 4.74 Å². The lowest BCUT2D eigenvalue weighted by Crippen LogP contribution is -2.10. The molecule has 0 aliphatic carbocycles. The Morgan fingerprint density at radius 1 is 1.67 bits per heavy atom. The van der Waals surface area contributed by atoms with Crippen molar-refractivity contribution in [1.29, 1.82) is 0 Å². The Morgan fingerprint density at radius 2 is 2.47 bits per heavy atom. The van der Waals surface area contributed by atoms with Crippen LogP contribution in [-0.4, -0.2) is 19.7 Å². The fraction of sp³-hybridized carbons (Fsp3) is 0.364. The lowest BCUT2D eigenvalue weighted by molar-refractivity contribution is -0.139. The summed E-state index contributed by atoms with van der Waals surface area (Å²) >= 11 is 0. The Labute approximate surface area is 88.0 Å². The van der Waals surface area contributed by atoms with Crippen LogP contribution in [0.3, 0.4) is 0 Å². The second-order valence-electron chi connectivity index (χ2n) is 3.54. The van der Waals surface area contributed by atoms with Crippen LogP contribution in [0.1, 0.15) is 17.2 Å². The standard InChI is InChI=1S/C11H13NO3/c1-14-11(13)5-7-2-3-8-9(12)6-15-10(8)4-7/h2-4,9H,5-6,12H2,1H3/t9-/m1/s1. The molecule has 0 spiro atoms. The zero-order chi connectivity index (χ0) is 10.8. The van der Waals surface area contributed by atoms with Crippen molar-refractivity contribution < 1.29 is 14.3 Å². The zero-order valence-electron chi connectivity index (χ0n) is 8.53. The van der Waals surface area contributed by atoms with Gasteiger partial charge in [-0.15, -0.1) is 0 Å². The summed E-state index contributed by atoms with van der Waals surface area (Å²) in [5.74, 6) is 0.529. The highest BCUT2D eigenvalue weighted by atomic mass is 16.5. The van der Waals surface area contributed by atoms with E-state index in [9.17, 15) is 4.79 Å². The van der Waals surface area contributed by atoms with Crippen LogP contribution in [0.2, 0.25) is 0 Å². The Morgan fingerprint density at radius 3 is 3.20 bits per heavy atom. The van der Waals surface area contributed by atoms with Crippen LogP contribution in [-0.2, 0) is 16.0 Å². The summed E-state index contributed by atoms with van der Waals surface area (Å²) in [6.45, 7) is 0.511. The van der Waals surface area contributed by atoms with Crippen LogP contribution in [0.4, 0.5) is 0 Å². The van der Waals surface area contributed by atoms with Gasteiger partial charge in [-0.1, -0.05) is 12.1 Å². The zero-order valence-corrected chi connectivity index (χ0v) is 8.53. The molecule has 1 aromatic rings. The van der Waals surface area contributed by atoms with Crippen molar-refractivity contribution in [3.8, 4) is 5.75 Å². The second-order valence-corrected chi connectivity index (χ2v) is 3.54. The molecule has 0 fully saturated rings. The summed E-state index contributed by atoms with van der Waals surface area (Å²) in [5.41, 5.74) is 7.69. The largest absolute Gasteiger partial charge is 0.491 e. The molecule has 0 unspecified atom stereocenters.